The summed E-state index contributed by atoms with van der Waals surface area (Å²) in [7, 11) is 0. The van der Waals surface area contributed by atoms with Gasteiger partial charge in [-0.15, -0.1) is 0 Å². The fourth-order valence-electron chi connectivity index (χ4n) is 4.02. The maximum atomic E-state index is 12.1. The van der Waals surface area contributed by atoms with Gasteiger partial charge < -0.3 is 20.1 Å². The second-order valence-corrected chi connectivity index (χ2v) is 7.68. The van der Waals surface area contributed by atoms with E-state index < -0.39 is 5.54 Å². The number of nitrogens with one attached hydrogen (secondary N) is 2. The number of morpholine rings is 1. The van der Waals surface area contributed by atoms with Gasteiger partial charge in [0, 0.05) is 42.5 Å². The van der Waals surface area contributed by atoms with E-state index in [4.69, 9.17) is 4.74 Å². The Kier molecular flexibility index (Phi) is 5.62. The second kappa shape index (κ2) is 8.32. The van der Waals surface area contributed by atoms with Crippen molar-refractivity contribution in [3.8, 4) is 0 Å². The fourth-order valence-corrected chi connectivity index (χ4v) is 4.02. The zero-order valence-electron chi connectivity index (χ0n) is 16.5. The van der Waals surface area contributed by atoms with Crippen LogP contribution in [-0.4, -0.2) is 57.9 Å². The molecule has 0 spiro atoms. The van der Waals surface area contributed by atoms with Crippen LogP contribution in [0.25, 0.3) is 10.9 Å². The molecule has 3 heterocycles. The number of H-pyrrole nitrogens is 1. The smallest absolute Gasteiger partial charge is 0.250 e. The van der Waals surface area contributed by atoms with Crippen molar-refractivity contribution >= 4 is 16.6 Å². The normalized spacial score (nSPS) is 22.6. The Morgan fingerprint density at radius 3 is 2.97 bits per heavy atom. The first-order valence-corrected chi connectivity index (χ1v) is 9.81. The molecule has 1 fully saturated rings. The molecule has 152 valence electrons. The van der Waals surface area contributed by atoms with Gasteiger partial charge in [-0.2, -0.15) is 0 Å². The predicted octanol–water partition coefficient (Wildman–Crippen LogP) is 1.99. The maximum Gasteiger partial charge on any atom is 0.250 e. The highest BCUT2D eigenvalue weighted by atomic mass is 16.5. The van der Waals surface area contributed by atoms with Gasteiger partial charge in [0.1, 0.15) is 0 Å². The summed E-state index contributed by atoms with van der Waals surface area (Å²) < 4.78 is 5.84. The molecule has 0 amide bonds. The molecular formula is C22H26N4O3. The van der Waals surface area contributed by atoms with Crippen molar-refractivity contribution in [2.75, 3.05) is 31.7 Å². The predicted molar refractivity (Wildman–Crippen MR) is 113 cm³/mol. The van der Waals surface area contributed by atoms with Gasteiger partial charge >= 0.3 is 0 Å². The number of benzene rings is 1. The van der Waals surface area contributed by atoms with Crippen LogP contribution in [0.5, 0.6) is 0 Å². The van der Waals surface area contributed by atoms with Gasteiger partial charge in [-0.25, -0.2) is 0 Å². The molecule has 1 aromatic carbocycles. The molecule has 7 heteroatoms. The number of aliphatic hydroxyl groups excluding tert-OH is 1. The molecule has 0 aliphatic carbocycles. The lowest BCUT2D eigenvalue weighted by Crippen LogP contribution is -2.65. The van der Waals surface area contributed by atoms with Gasteiger partial charge in [0.05, 0.1) is 37.1 Å². The number of anilines is 1. The monoisotopic (exact) mass is 394 g/mol. The number of aliphatic hydroxyl groups is 1. The Bertz CT molecular complexity index is 1020. The standard InChI is InChI=1S/C22H26N4O3/c1-16-12-29-15-22(14-27,26(16)11-17-5-3-2-4-6-17)13-24-19-9-21(28)25-20-10-23-8-7-18(19)20/h2-10,16,27H,11-15H2,1H3,(H2,24,25,28)/t16-,22+/m1/s1. The van der Waals surface area contributed by atoms with Crippen LogP contribution in [0.15, 0.2) is 59.7 Å². The van der Waals surface area contributed by atoms with Crippen LogP contribution < -0.4 is 10.9 Å². The molecule has 0 radical (unpaired) electrons. The highest BCUT2D eigenvalue weighted by molar-refractivity contribution is 5.90. The summed E-state index contributed by atoms with van der Waals surface area (Å²) in [5, 5.41) is 14.7. The number of rotatable bonds is 6. The lowest BCUT2D eigenvalue weighted by Gasteiger charge is -2.49. The van der Waals surface area contributed by atoms with Crippen molar-refractivity contribution in [3.63, 3.8) is 0 Å². The summed E-state index contributed by atoms with van der Waals surface area (Å²) in [5.74, 6) is 0. The maximum absolute atomic E-state index is 12.1. The van der Waals surface area contributed by atoms with Gasteiger partial charge in [-0.05, 0) is 18.6 Å². The molecule has 0 unspecified atom stereocenters. The number of fused-ring (bicyclic) bond motifs is 1. The van der Waals surface area contributed by atoms with Gasteiger partial charge in [-0.3, -0.25) is 14.7 Å². The summed E-state index contributed by atoms with van der Waals surface area (Å²) in [5.41, 5.74) is 1.79. The summed E-state index contributed by atoms with van der Waals surface area (Å²) >= 11 is 0. The summed E-state index contributed by atoms with van der Waals surface area (Å²) in [4.78, 5) is 21.2. The van der Waals surface area contributed by atoms with Crippen molar-refractivity contribution in [3.05, 3.63) is 70.8 Å². The van der Waals surface area contributed by atoms with Gasteiger partial charge in [0.15, 0.2) is 0 Å². The summed E-state index contributed by atoms with van der Waals surface area (Å²) in [6, 6.07) is 13.8. The molecule has 1 aliphatic heterocycles. The number of hydrogen-bond donors (Lipinski definition) is 3. The summed E-state index contributed by atoms with van der Waals surface area (Å²) in [6.45, 7) is 4.25. The molecular weight excluding hydrogens is 368 g/mol. The minimum atomic E-state index is -0.602. The van der Waals surface area contributed by atoms with Crippen LogP contribution in [0.1, 0.15) is 12.5 Å². The highest BCUT2D eigenvalue weighted by Gasteiger charge is 2.42. The van der Waals surface area contributed by atoms with Crippen LogP contribution in [0.4, 0.5) is 5.69 Å². The van der Waals surface area contributed by atoms with Crippen molar-refractivity contribution in [2.45, 2.75) is 25.0 Å². The minimum Gasteiger partial charge on any atom is -0.394 e. The van der Waals surface area contributed by atoms with Crippen molar-refractivity contribution in [1.82, 2.24) is 14.9 Å². The summed E-state index contributed by atoms with van der Waals surface area (Å²) in [6.07, 6.45) is 3.33. The average molecular weight is 394 g/mol. The van der Waals surface area contributed by atoms with Crippen LogP contribution in [-0.2, 0) is 11.3 Å². The van der Waals surface area contributed by atoms with Crippen LogP contribution in [0.3, 0.4) is 0 Å². The first-order valence-electron chi connectivity index (χ1n) is 9.81. The molecule has 0 bridgehead atoms. The molecule has 3 aromatic rings. The molecule has 2 aromatic heterocycles. The Balaban J connectivity index is 1.63. The average Bonchev–Trinajstić information content (AvgIpc) is 2.75. The van der Waals surface area contributed by atoms with E-state index in [2.05, 4.69) is 39.2 Å². The number of aromatic nitrogens is 2. The molecule has 0 saturated carbocycles. The number of ether oxygens (including phenoxy) is 1. The van der Waals surface area contributed by atoms with E-state index >= 15 is 0 Å². The van der Waals surface area contributed by atoms with Crippen LogP contribution in [0.2, 0.25) is 0 Å². The Morgan fingerprint density at radius 2 is 2.17 bits per heavy atom. The van der Waals surface area contributed by atoms with Crippen LogP contribution >= 0.6 is 0 Å². The SMILES string of the molecule is C[C@@H]1COC[C@@](CO)(CNc2cc(=O)[nH]c3cnccc23)N1Cc1ccccc1. The number of aromatic amines is 1. The molecule has 7 nitrogen and oxygen atoms in total. The highest BCUT2D eigenvalue weighted by Crippen LogP contribution is 2.28. The van der Waals surface area contributed by atoms with Gasteiger partial charge in [0.2, 0.25) is 0 Å². The van der Waals surface area contributed by atoms with E-state index in [1.54, 1.807) is 18.5 Å². The topological polar surface area (TPSA) is 90.5 Å². The van der Waals surface area contributed by atoms with Crippen molar-refractivity contribution in [2.24, 2.45) is 0 Å². The molecule has 4 rings (SSSR count). The molecule has 3 N–H and O–H groups in total. The minimum absolute atomic E-state index is 0.0557. The number of nitrogens with zero attached hydrogens (tertiary/aromatic N) is 2. The van der Waals surface area contributed by atoms with E-state index in [0.717, 1.165) is 11.1 Å². The molecule has 1 aliphatic rings. The van der Waals surface area contributed by atoms with E-state index in [1.165, 1.54) is 5.56 Å². The first-order chi connectivity index (χ1) is 14.1. The first kappa shape index (κ1) is 19.6. The van der Waals surface area contributed by atoms with E-state index in [1.807, 2.05) is 24.3 Å². The number of pyridine rings is 2. The zero-order chi connectivity index (χ0) is 20.3. The van der Waals surface area contributed by atoms with E-state index in [9.17, 15) is 9.90 Å². The molecule has 2 atom stereocenters. The van der Waals surface area contributed by atoms with E-state index in [-0.39, 0.29) is 18.2 Å². The second-order valence-electron chi connectivity index (χ2n) is 7.68. The Labute approximate surface area is 169 Å². The quantitative estimate of drug-likeness (QED) is 0.592. The van der Waals surface area contributed by atoms with Gasteiger partial charge in [0.25, 0.3) is 5.56 Å². The third-order valence-electron chi connectivity index (χ3n) is 5.61. The van der Waals surface area contributed by atoms with Crippen LogP contribution in [0, 0.1) is 0 Å². The Morgan fingerprint density at radius 1 is 1.34 bits per heavy atom. The van der Waals surface area contributed by atoms with Crippen molar-refractivity contribution in [1.29, 1.82) is 0 Å². The van der Waals surface area contributed by atoms with E-state index in [0.29, 0.717) is 31.8 Å². The number of hydrogen-bond acceptors (Lipinski definition) is 6. The van der Waals surface area contributed by atoms with Gasteiger partial charge in [-0.1, -0.05) is 30.3 Å². The molecule has 29 heavy (non-hydrogen) atoms. The molecule has 1 saturated heterocycles. The third-order valence-corrected chi connectivity index (χ3v) is 5.61. The third kappa shape index (κ3) is 4.03. The largest absolute Gasteiger partial charge is 0.394 e. The Hall–Kier alpha value is -2.74. The fraction of sp³-hybridized carbons (Fsp3) is 0.364. The lowest BCUT2D eigenvalue weighted by molar-refractivity contribution is -0.117. The zero-order valence-corrected chi connectivity index (χ0v) is 16.5. The van der Waals surface area contributed by atoms with Crippen molar-refractivity contribution < 1.29 is 9.84 Å². The lowest BCUT2D eigenvalue weighted by atomic mass is 9.93.